The third-order valence-electron chi connectivity index (χ3n) is 2.02. The molecule has 92 valence electrons. The van der Waals surface area contributed by atoms with Crippen LogP contribution in [0.5, 0.6) is 0 Å². The highest BCUT2D eigenvalue weighted by Crippen LogP contribution is 2.30. The van der Waals surface area contributed by atoms with Gasteiger partial charge in [0.2, 0.25) is 0 Å². The van der Waals surface area contributed by atoms with E-state index in [1.54, 1.807) is 0 Å². The largest absolute Gasteiger partial charge is 0.481 e. The minimum Gasteiger partial charge on any atom is -0.481 e. The summed E-state index contributed by atoms with van der Waals surface area (Å²) in [4.78, 5) is 23.3. The van der Waals surface area contributed by atoms with Crippen LogP contribution in [0.4, 0.5) is 14.6 Å². The number of aliphatic carboxylic acids is 1. The number of aryl methyl sites for hydroxylation is 1. The summed E-state index contributed by atoms with van der Waals surface area (Å²) in [5.74, 6) is -2.23. The SMILES string of the molecule is Cc1cc(CC(=O)O)nc([N+](=O)[O-])c1C(F)F. The van der Waals surface area contributed by atoms with Crippen LogP contribution in [0, 0.1) is 17.0 Å². The Balaban J connectivity index is 3.35. The summed E-state index contributed by atoms with van der Waals surface area (Å²) in [7, 11) is 0. The quantitative estimate of drug-likeness (QED) is 0.646. The number of hydrogen-bond acceptors (Lipinski definition) is 4. The summed E-state index contributed by atoms with van der Waals surface area (Å²) < 4.78 is 25.2. The number of carboxylic acids is 1. The van der Waals surface area contributed by atoms with Gasteiger partial charge < -0.3 is 15.2 Å². The predicted octanol–water partition coefficient (Wildman–Crippen LogP) is 1.86. The van der Waals surface area contributed by atoms with Crippen molar-refractivity contribution in [3.8, 4) is 0 Å². The summed E-state index contributed by atoms with van der Waals surface area (Å²) in [5, 5.41) is 19.1. The van der Waals surface area contributed by atoms with Gasteiger partial charge in [0, 0.05) is 0 Å². The normalized spacial score (nSPS) is 10.6. The zero-order valence-corrected chi connectivity index (χ0v) is 8.68. The lowest BCUT2D eigenvalue weighted by atomic mass is 10.1. The van der Waals surface area contributed by atoms with Gasteiger partial charge in [0.15, 0.2) is 5.69 Å². The molecule has 17 heavy (non-hydrogen) atoms. The molecule has 6 nitrogen and oxygen atoms in total. The van der Waals surface area contributed by atoms with E-state index in [0.717, 1.165) is 6.07 Å². The van der Waals surface area contributed by atoms with Crippen LogP contribution in [-0.2, 0) is 11.2 Å². The molecular weight excluding hydrogens is 238 g/mol. The molecule has 0 aliphatic rings. The van der Waals surface area contributed by atoms with E-state index in [1.807, 2.05) is 0 Å². The van der Waals surface area contributed by atoms with Gasteiger partial charge in [0.25, 0.3) is 6.43 Å². The smallest absolute Gasteiger partial charge is 0.372 e. The number of nitro groups is 1. The second-order valence-electron chi connectivity index (χ2n) is 3.30. The molecule has 8 heteroatoms. The molecule has 0 aliphatic heterocycles. The van der Waals surface area contributed by atoms with Crippen molar-refractivity contribution in [2.75, 3.05) is 0 Å². The van der Waals surface area contributed by atoms with Gasteiger partial charge in [-0.3, -0.25) is 4.79 Å². The number of carboxylic acid groups (broad SMARTS) is 1. The van der Waals surface area contributed by atoms with Crippen LogP contribution in [0.15, 0.2) is 6.07 Å². The summed E-state index contributed by atoms with van der Waals surface area (Å²) in [6.07, 6.45) is -3.58. The van der Waals surface area contributed by atoms with Crippen molar-refractivity contribution < 1.29 is 23.6 Å². The number of pyridine rings is 1. The predicted molar refractivity (Wildman–Crippen MR) is 51.9 cm³/mol. The van der Waals surface area contributed by atoms with E-state index in [1.165, 1.54) is 6.92 Å². The Bertz CT molecular complexity index is 476. The zero-order chi connectivity index (χ0) is 13.2. The van der Waals surface area contributed by atoms with Gasteiger partial charge >= 0.3 is 11.8 Å². The highest BCUT2D eigenvalue weighted by molar-refractivity contribution is 5.69. The Hall–Kier alpha value is -2.12. The Morgan fingerprint density at radius 1 is 1.65 bits per heavy atom. The zero-order valence-electron chi connectivity index (χ0n) is 8.68. The minimum absolute atomic E-state index is 0.0436. The number of halogens is 2. The third-order valence-corrected chi connectivity index (χ3v) is 2.02. The fraction of sp³-hybridized carbons (Fsp3) is 0.333. The number of rotatable bonds is 4. The van der Waals surface area contributed by atoms with Crippen molar-refractivity contribution in [2.24, 2.45) is 0 Å². The van der Waals surface area contributed by atoms with E-state index in [-0.39, 0.29) is 11.3 Å². The topological polar surface area (TPSA) is 93.3 Å². The second kappa shape index (κ2) is 4.81. The van der Waals surface area contributed by atoms with Crippen LogP contribution >= 0.6 is 0 Å². The molecule has 1 aromatic rings. The molecule has 0 spiro atoms. The van der Waals surface area contributed by atoms with Gasteiger partial charge in [0.1, 0.15) is 12.0 Å². The van der Waals surface area contributed by atoms with Crippen molar-refractivity contribution in [3.05, 3.63) is 33.0 Å². The van der Waals surface area contributed by atoms with Gasteiger partial charge in [-0.25, -0.2) is 8.78 Å². The highest BCUT2D eigenvalue weighted by Gasteiger charge is 2.27. The molecular formula is C9H8F2N2O4. The molecule has 1 aromatic heterocycles. The highest BCUT2D eigenvalue weighted by atomic mass is 19.3. The maximum atomic E-state index is 12.6. The molecule has 1 heterocycles. The molecule has 0 amide bonds. The Kier molecular flexibility index (Phi) is 3.66. The first kappa shape index (κ1) is 12.9. The average Bonchev–Trinajstić information content (AvgIpc) is 2.14. The van der Waals surface area contributed by atoms with Crippen LogP contribution < -0.4 is 0 Å². The lowest BCUT2D eigenvalue weighted by Gasteiger charge is -2.05. The summed E-state index contributed by atoms with van der Waals surface area (Å²) in [6, 6.07) is 1.11. The van der Waals surface area contributed by atoms with E-state index >= 15 is 0 Å². The first-order chi connectivity index (χ1) is 7.82. The standard InChI is InChI=1S/C9H8F2N2O4/c1-4-2-5(3-6(14)15)12-9(13(16)17)7(4)8(10)11/h2,8H,3H2,1H3,(H,14,15). The molecule has 0 saturated heterocycles. The first-order valence-corrected chi connectivity index (χ1v) is 4.47. The van der Waals surface area contributed by atoms with E-state index in [2.05, 4.69) is 4.98 Å². The van der Waals surface area contributed by atoms with E-state index < -0.39 is 35.1 Å². The number of nitrogens with zero attached hydrogens (tertiary/aromatic N) is 2. The molecule has 0 atom stereocenters. The summed E-state index contributed by atoms with van der Waals surface area (Å²) >= 11 is 0. The molecule has 0 saturated carbocycles. The number of hydrogen-bond donors (Lipinski definition) is 1. The molecule has 1 rings (SSSR count). The van der Waals surface area contributed by atoms with E-state index in [0.29, 0.717) is 0 Å². The monoisotopic (exact) mass is 246 g/mol. The summed E-state index contributed by atoms with van der Waals surface area (Å²) in [6.45, 7) is 1.25. The number of carbonyl (C=O) groups is 1. The lowest BCUT2D eigenvalue weighted by molar-refractivity contribution is -0.391. The van der Waals surface area contributed by atoms with Crippen molar-refractivity contribution in [3.63, 3.8) is 0 Å². The van der Waals surface area contributed by atoms with Gasteiger partial charge in [-0.05, 0) is 28.5 Å². The van der Waals surface area contributed by atoms with Gasteiger partial charge in [-0.1, -0.05) is 0 Å². The van der Waals surface area contributed by atoms with Crippen LogP contribution in [0.1, 0.15) is 23.2 Å². The molecule has 0 aromatic carbocycles. The number of aromatic nitrogens is 1. The van der Waals surface area contributed by atoms with E-state index in [4.69, 9.17) is 5.11 Å². The molecule has 0 aliphatic carbocycles. The maximum absolute atomic E-state index is 12.6. The fourth-order valence-electron chi connectivity index (χ4n) is 1.39. The molecule has 0 bridgehead atoms. The van der Waals surface area contributed by atoms with Crippen LogP contribution in [0.2, 0.25) is 0 Å². The van der Waals surface area contributed by atoms with Gasteiger partial charge in [-0.2, -0.15) is 0 Å². The van der Waals surface area contributed by atoms with Gasteiger partial charge in [-0.15, -0.1) is 0 Å². The second-order valence-corrected chi connectivity index (χ2v) is 3.30. The van der Waals surface area contributed by atoms with Crippen molar-refractivity contribution >= 4 is 11.8 Å². The maximum Gasteiger partial charge on any atom is 0.372 e. The Labute approximate surface area is 94.1 Å². The average molecular weight is 246 g/mol. The Morgan fingerprint density at radius 2 is 2.24 bits per heavy atom. The van der Waals surface area contributed by atoms with Gasteiger partial charge in [0.05, 0.1) is 0 Å². The molecule has 1 N–H and O–H groups in total. The van der Waals surface area contributed by atoms with Crippen molar-refractivity contribution in [2.45, 2.75) is 19.8 Å². The minimum atomic E-state index is -3.03. The fourth-order valence-corrected chi connectivity index (χ4v) is 1.39. The molecule has 0 radical (unpaired) electrons. The van der Waals surface area contributed by atoms with Crippen LogP contribution in [0.25, 0.3) is 0 Å². The Morgan fingerprint density at radius 3 is 2.65 bits per heavy atom. The van der Waals surface area contributed by atoms with Crippen molar-refractivity contribution in [1.29, 1.82) is 0 Å². The first-order valence-electron chi connectivity index (χ1n) is 4.47. The summed E-state index contributed by atoms with van der Waals surface area (Å²) in [5.41, 5.74) is -0.937. The third kappa shape index (κ3) is 2.92. The van der Waals surface area contributed by atoms with E-state index in [9.17, 15) is 23.7 Å². The van der Waals surface area contributed by atoms with Crippen LogP contribution in [0.3, 0.4) is 0 Å². The number of alkyl halides is 2. The molecule has 0 fully saturated rings. The lowest BCUT2D eigenvalue weighted by Crippen LogP contribution is -2.08. The van der Waals surface area contributed by atoms with Crippen LogP contribution in [-0.4, -0.2) is 21.0 Å². The molecule has 0 unspecified atom stereocenters. The van der Waals surface area contributed by atoms with Crippen molar-refractivity contribution in [1.82, 2.24) is 4.98 Å².